The number of rotatable bonds is 4. The fourth-order valence-electron chi connectivity index (χ4n) is 1.66. The van der Waals surface area contributed by atoms with Gasteiger partial charge in [0, 0.05) is 11.1 Å². The predicted octanol–water partition coefficient (Wildman–Crippen LogP) is 3.77. The second kappa shape index (κ2) is 5.69. The van der Waals surface area contributed by atoms with E-state index in [-0.39, 0.29) is 12.6 Å². The van der Waals surface area contributed by atoms with Crippen LogP contribution in [0, 0.1) is 6.92 Å². The molecule has 0 bridgehead atoms. The van der Waals surface area contributed by atoms with Crippen LogP contribution in [0.15, 0.2) is 24.4 Å². The number of nitrogens with zero attached hydrogens (tertiary/aromatic N) is 1. The van der Waals surface area contributed by atoms with E-state index in [1.54, 1.807) is 17.4 Å². The average molecular weight is 283 g/mol. The summed E-state index contributed by atoms with van der Waals surface area (Å²) in [6.45, 7) is 4.06. The lowest BCUT2D eigenvalue weighted by Gasteiger charge is -2.15. The number of halogens is 1. The summed E-state index contributed by atoms with van der Waals surface area (Å²) in [6, 6.07) is 5.62. The molecule has 5 heteroatoms. The number of aliphatic hydroxyl groups is 1. The van der Waals surface area contributed by atoms with Crippen LogP contribution in [0.2, 0.25) is 5.02 Å². The van der Waals surface area contributed by atoms with Crippen molar-refractivity contribution in [1.82, 2.24) is 4.98 Å². The highest BCUT2D eigenvalue weighted by atomic mass is 35.5. The van der Waals surface area contributed by atoms with Gasteiger partial charge >= 0.3 is 0 Å². The first-order valence-electron chi connectivity index (χ1n) is 5.68. The van der Waals surface area contributed by atoms with E-state index >= 15 is 0 Å². The molecular weight excluding hydrogens is 268 g/mol. The van der Waals surface area contributed by atoms with Gasteiger partial charge in [0.25, 0.3) is 0 Å². The fraction of sp³-hybridized carbons (Fsp3) is 0.308. The largest absolute Gasteiger partial charge is 0.392 e. The van der Waals surface area contributed by atoms with Crippen LogP contribution in [-0.4, -0.2) is 10.1 Å². The topological polar surface area (TPSA) is 45.2 Å². The molecule has 0 amide bonds. The summed E-state index contributed by atoms with van der Waals surface area (Å²) >= 11 is 7.80. The van der Waals surface area contributed by atoms with Crippen molar-refractivity contribution in [2.75, 3.05) is 5.32 Å². The molecule has 1 atom stereocenters. The molecule has 2 aromatic rings. The normalized spacial score (nSPS) is 12.4. The second-order valence-electron chi connectivity index (χ2n) is 4.12. The number of thiazole rings is 1. The number of aryl methyl sites for hydroxylation is 1. The van der Waals surface area contributed by atoms with Crippen molar-refractivity contribution in [2.45, 2.75) is 26.5 Å². The summed E-state index contributed by atoms with van der Waals surface area (Å²) in [4.78, 5) is 5.41. The fourth-order valence-corrected chi connectivity index (χ4v) is 2.62. The summed E-state index contributed by atoms with van der Waals surface area (Å²) in [6.07, 6.45) is 1.88. The van der Waals surface area contributed by atoms with E-state index in [9.17, 15) is 0 Å². The van der Waals surface area contributed by atoms with Gasteiger partial charge in [-0.2, -0.15) is 0 Å². The van der Waals surface area contributed by atoms with Crippen molar-refractivity contribution in [3.63, 3.8) is 0 Å². The quantitative estimate of drug-likeness (QED) is 0.897. The van der Waals surface area contributed by atoms with Gasteiger partial charge in [-0.15, -0.1) is 11.3 Å². The number of hydrogen-bond donors (Lipinski definition) is 2. The van der Waals surface area contributed by atoms with Crippen LogP contribution in [0.5, 0.6) is 0 Å². The summed E-state index contributed by atoms with van der Waals surface area (Å²) in [7, 11) is 0. The highest BCUT2D eigenvalue weighted by Gasteiger charge is 2.10. The molecule has 1 aromatic carbocycles. The van der Waals surface area contributed by atoms with Crippen molar-refractivity contribution in [3.8, 4) is 0 Å². The number of anilines is 1. The third-order valence-corrected chi connectivity index (χ3v) is 4.08. The Morgan fingerprint density at radius 3 is 2.89 bits per heavy atom. The summed E-state index contributed by atoms with van der Waals surface area (Å²) in [5, 5.41) is 14.2. The molecule has 0 radical (unpaired) electrons. The molecule has 0 saturated heterocycles. The number of aliphatic hydroxyl groups excluding tert-OH is 1. The Labute approximate surface area is 115 Å². The first-order valence-corrected chi connectivity index (χ1v) is 6.87. The van der Waals surface area contributed by atoms with Gasteiger partial charge in [0.2, 0.25) is 0 Å². The Hall–Kier alpha value is -1.10. The Morgan fingerprint density at radius 2 is 2.28 bits per heavy atom. The van der Waals surface area contributed by atoms with Crippen LogP contribution in [0.25, 0.3) is 0 Å². The summed E-state index contributed by atoms with van der Waals surface area (Å²) in [5.41, 5.74) is 1.68. The molecule has 0 fully saturated rings. The Kier molecular flexibility index (Phi) is 4.22. The minimum atomic E-state index is 0.0138. The molecule has 96 valence electrons. The van der Waals surface area contributed by atoms with Gasteiger partial charge in [0.05, 0.1) is 28.4 Å². The SMILES string of the molecule is Cc1ncc(C(C)Nc2cc(CO)ccc2Cl)s1. The van der Waals surface area contributed by atoms with E-state index in [1.165, 1.54) is 0 Å². The van der Waals surface area contributed by atoms with E-state index in [1.807, 2.05) is 25.3 Å². The van der Waals surface area contributed by atoms with Gasteiger partial charge < -0.3 is 10.4 Å². The molecule has 0 spiro atoms. The molecule has 1 aromatic heterocycles. The number of aromatic nitrogens is 1. The zero-order chi connectivity index (χ0) is 13.1. The monoisotopic (exact) mass is 282 g/mol. The minimum absolute atomic E-state index is 0.0138. The molecule has 1 unspecified atom stereocenters. The maximum Gasteiger partial charge on any atom is 0.0897 e. The van der Waals surface area contributed by atoms with E-state index < -0.39 is 0 Å². The first kappa shape index (κ1) is 13.3. The van der Waals surface area contributed by atoms with E-state index in [4.69, 9.17) is 16.7 Å². The van der Waals surface area contributed by atoms with Crippen LogP contribution in [0.1, 0.15) is 28.4 Å². The average Bonchev–Trinajstić information content (AvgIpc) is 2.79. The maximum absolute atomic E-state index is 9.13. The Morgan fingerprint density at radius 1 is 1.50 bits per heavy atom. The molecule has 0 aliphatic carbocycles. The molecule has 0 saturated carbocycles. The van der Waals surface area contributed by atoms with Crippen LogP contribution in [-0.2, 0) is 6.61 Å². The molecule has 3 nitrogen and oxygen atoms in total. The number of nitrogens with one attached hydrogen (secondary N) is 1. The molecule has 1 heterocycles. The van der Waals surface area contributed by atoms with E-state index in [0.29, 0.717) is 5.02 Å². The highest BCUT2D eigenvalue weighted by molar-refractivity contribution is 7.11. The van der Waals surface area contributed by atoms with Crippen LogP contribution < -0.4 is 5.32 Å². The van der Waals surface area contributed by atoms with Gasteiger partial charge in [0.15, 0.2) is 0 Å². The van der Waals surface area contributed by atoms with Gasteiger partial charge in [-0.1, -0.05) is 17.7 Å². The van der Waals surface area contributed by atoms with Crippen molar-refractivity contribution in [1.29, 1.82) is 0 Å². The van der Waals surface area contributed by atoms with Crippen LogP contribution in [0.4, 0.5) is 5.69 Å². The minimum Gasteiger partial charge on any atom is -0.392 e. The summed E-state index contributed by atoms with van der Waals surface area (Å²) < 4.78 is 0. The number of hydrogen-bond acceptors (Lipinski definition) is 4. The lowest BCUT2D eigenvalue weighted by atomic mass is 10.2. The second-order valence-corrected chi connectivity index (χ2v) is 5.79. The predicted molar refractivity (Wildman–Crippen MR) is 76.3 cm³/mol. The van der Waals surface area contributed by atoms with Crippen LogP contribution in [0.3, 0.4) is 0 Å². The lowest BCUT2D eigenvalue weighted by molar-refractivity contribution is 0.282. The first-order chi connectivity index (χ1) is 8.60. The van der Waals surface area contributed by atoms with E-state index in [2.05, 4.69) is 17.2 Å². The molecular formula is C13H15ClN2OS. The molecule has 0 aliphatic rings. The number of benzene rings is 1. The van der Waals surface area contributed by atoms with Gasteiger partial charge in [-0.05, 0) is 31.5 Å². The lowest BCUT2D eigenvalue weighted by Crippen LogP contribution is -2.05. The third-order valence-electron chi connectivity index (χ3n) is 2.65. The zero-order valence-corrected chi connectivity index (χ0v) is 11.8. The third kappa shape index (κ3) is 3.02. The Balaban J connectivity index is 2.18. The van der Waals surface area contributed by atoms with E-state index in [0.717, 1.165) is 21.1 Å². The maximum atomic E-state index is 9.13. The summed E-state index contributed by atoms with van der Waals surface area (Å²) in [5.74, 6) is 0. The van der Waals surface area contributed by atoms with Crippen molar-refractivity contribution >= 4 is 28.6 Å². The Bertz CT molecular complexity index is 542. The van der Waals surface area contributed by atoms with Gasteiger partial charge in [0.1, 0.15) is 0 Å². The molecule has 2 N–H and O–H groups in total. The van der Waals surface area contributed by atoms with Crippen molar-refractivity contribution in [2.24, 2.45) is 0 Å². The standard InChI is InChI=1S/C13H15ClN2OS/c1-8(13-6-15-9(2)18-13)16-12-5-10(7-17)3-4-11(12)14/h3-6,8,16-17H,7H2,1-2H3. The molecule has 0 aliphatic heterocycles. The molecule has 2 rings (SSSR count). The smallest absolute Gasteiger partial charge is 0.0897 e. The van der Waals surface area contributed by atoms with Crippen molar-refractivity contribution < 1.29 is 5.11 Å². The van der Waals surface area contributed by atoms with Gasteiger partial charge in [-0.25, -0.2) is 4.98 Å². The van der Waals surface area contributed by atoms with Gasteiger partial charge in [-0.3, -0.25) is 0 Å². The van der Waals surface area contributed by atoms with Crippen LogP contribution >= 0.6 is 22.9 Å². The van der Waals surface area contributed by atoms with Crippen molar-refractivity contribution in [3.05, 3.63) is 44.9 Å². The molecule has 18 heavy (non-hydrogen) atoms. The zero-order valence-electron chi connectivity index (χ0n) is 10.3. The highest BCUT2D eigenvalue weighted by Crippen LogP contribution is 2.29.